The van der Waals surface area contributed by atoms with Crippen LogP contribution >= 0.6 is 0 Å². The zero-order chi connectivity index (χ0) is 20.7. The van der Waals surface area contributed by atoms with Crippen molar-refractivity contribution in [1.82, 2.24) is 30.0 Å². The standard InChI is InChI=1S/C21H29N7O2/c22-19-18(20(29)30)26-17(12-24-19)14-11-25-28(13-14)15-1-7-27(8-2-15)16-9-21(10-16)3-5-23-6-4-21/h11-13,15-16,23H,1-10H2,(H2,22,24)(H,29,30). The van der Waals surface area contributed by atoms with Crippen LogP contribution in [0.1, 0.15) is 55.1 Å². The minimum absolute atomic E-state index is 0.0757. The van der Waals surface area contributed by atoms with E-state index in [0.717, 1.165) is 37.5 Å². The van der Waals surface area contributed by atoms with Crippen LogP contribution in [0.5, 0.6) is 0 Å². The van der Waals surface area contributed by atoms with Gasteiger partial charge in [-0.25, -0.2) is 14.8 Å². The predicted molar refractivity (Wildman–Crippen MR) is 112 cm³/mol. The van der Waals surface area contributed by atoms with E-state index < -0.39 is 5.97 Å². The Balaban J connectivity index is 1.19. The van der Waals surface area contributed by atoms with Crippen LogP contribution in [0.3, 0.4) is 0 Å². The quantitative estimate of drug-likeness (QED) is 0.696. The van der Waals surface area contributed by atoms with Crippen molar-refractivity contribution in [2.24, 2.45) is 5.41 Å². The van der Waals surface area contributed by atoms with E-state index in [0.29, 0.717) is 17.2 Å². The molecule has 5 rings (SSSR count). The summed E-state index contributed by atoms with van der Waals surface area (Å²) in [6, 6.07) is 1.13. The molecule has 160 valence electrons. The Kier molecular flexibility index (Phi) is 4.94. The molecule has 1 spiro atoms. The Labute approximate surface area is 175 Å². The summed E-state index contributed by atoms with van der Waals surface area (Å²) in [5.74, 6) is -1.25. The first-order valence-corrected chi connectivity index (χ1v) is 10.9. The number of nitrogens with two attached hydrogens (primary N) is 1. The van der Waals surface area contributed by atoms with E-state index in [1.165, 1.54) is 45.0 Å². The molecule has 2 aromatic rings. The maximum Gasteiger partial charge on any atom is 0.358 e. The molecule has 1 saturated carbocycles. The first-order chi connectivity index (χ1) is 14.5. The summed E-state index contributed by atoms with van der Waals surface area (Å²) in [4.78, 5) is 22.0. The molecule has 2 aromatic heterocycles. The number of carboxylic acid groups (broad SMARTS) is 1. The zero-order valence-electron chi connectivity index (χ0n) is 17.1. The van der Waals surface area contributed by atoms with Gasteiger partial charge in [0.25, 0.3) is 0 Å². The van der Waals surface area contributed by atoms with Crippen LogP contribution in [0.25, 0.3) is 11.3 Å². The number of piperidine rings is 2. The molecule has 0 amide bonds. The van der Waals surface area contributed by atoms with Gasteiger partial charge >= 0.3 is 5.97 Å². The van der Waals surface area contributed by atoms with Gasteiger partial charge in [-0.1, -0.05) is 0 Å². The van der Waals surface area contributed by atoms with Crippen LogP contribution < -0.4 is 11.1 Å². The summed E-state index contributed by atoms with van der Waals surface area (Å²) in [5, 5.41) is 17.2. The fourth-order valence-electron chi connectivity index (χ4n) is 5.44. The highest BCUT2D eigenvalue weighted by molar-refractivity contribution is 5.90. The molecule has 3 fully saturated rings. The number of hydrogen-bond donors (Lipinski definition) is 3. The summed E-state index contributed by atoms with van der Waals surface area (Å²) in [6.45, 7) is 4.60. The third kappa shape index (κ3) is 3.56. The largest absolute Gasteiger partial charge is 0.476 e. The van der Waals surface area contributed by atoms with Gasteiger partial charge in [-0.05, 0) is 57.0 Å². The van der Waals surface area contributed by atoms with Gasteiger partial charge in [-0.2, -0.15) is 5.10 Å². The lowest BCUT2D eigenvalue weighted by molar-refractivity contribution is -0.0324. The second-order valence-corrected chi connectivity index (χ2v) is 9.08. The number of aromatic carboxylic acids is 1. The normalized spacial score (nSPS) is 22.8. The first-order valence-electron chi connectivity index (χ1n) is 10.9. The molecule has 0 unspecified atom stereocenters. The van der Waals surface area contributed by atoms with E-state index in [-0.39, 0.29) is 11.5 Å². The lowest BCUT2D eigenvalue weighted by Gasteiger charge is -2.55. The second kappa shape index (κ2) is 7.63. The van der Waals surface area contributed by atoms with Crippen LogP contribution in [0.4, 0.5) is 5.82 Å². The summed E-state index contributed by atoms with van der Waals surface area (Å²) >= 11 is 0. The number of likely N-dealkylation sites (tertiary alicyclic amines) is 1. The first kappa shape index (κ1) is 19.4. The van der Waals surface area contributed by atoms with Crippen molar-refractivity contribution in [2.45, 2.75) is 50.6 Å². The maximum absolute atomic E-state index is 11.3. The van der Waals surface area contributed by atoms with Crippen molar-refractivity contribution in [3.8, 4) is 11.3 Å². The highest BCUT2D eigenvalue weighted by atomic mass is 16.4. The number of anilines is 1. The Morgan fingerprint density at radius 2 is 1.90 bits per heavy atom. The van der Waals surface area contributed by atoms with Crippen molar-refractivity contribution in [2.75, 3.05) is 31.9 Å². The molecule has 4 heterocycles. The van der Waals surface area contributed by atoms with Gasteiger partial charge in [0.05, 0.1) is 24.1 Å². The molecule has 30 heavy (non-hydrogen) atoms. The molecular weight excluding hydrogens is 382 g/mol. The number of carboxylic acids is 1. The molecule has 2 aliphatic heterocycles. The number of aromatic nitrogens is 4. The Bertz CT molecular complexity index is 921. The van der Waals surface area contributed by atoms with Gasteiger partial charge in [0.15, 0.2) is 11.5 Å². The lowest BCUT2D eigenvalue weighted by atomic mass is 9.60. The minimum Gasteiger partial charge on any atom is -0.476 e. The van der Waals surface area contributed by atoms with Crippen LogP contribution in [0.2, 0.25) is 0 Å². The summed E-state index contributed by atoms with van der Waals surface area (Å²) in [6.07, 6.45) is 12.8. The minimum atomic E-state index is -1.18. The highest BCUT2D eigenvalue weighted by Crippen LogP contribution is 2.50. The van der Waals surface area contributed by atoms with Crippen molar-refractivity contribution in [3.05, 3.63) is 24.3 Å². The van der Waals surface area contributed by atoms with Crippen LogP contribution in [-0.4, -0.2) is 67.9 Å². The number of rotatable bonds is 4. The average molecular weight is 412 g/mol. The third-order valence-electron chi connectivity index (χ3n) is 7.29. The molecule has 4 N–H and O–H groups in total. The van der Waals surface area contributed by atoms with E-state index >= 15 is 0 Å². The molecular formula is C21H29N7O2. The summed E-state index contributed by atoms with van der Waals surface area (Å²) in [7, 11) is 0. The SMILES string of the molecule is Nc1ncc(-c2cnn(C3CCN(C4CC5(CCNCC5)C4)CC3)c2)nc1C(=O)O. The van der Waals surface area contributed by atoms with Gasteiger partial charge in [-0.15, -0.1) is 0 Å². The Hall–Kier alpha value is -2.52. The molecule has 3 aliphatic rings. The van der Waals surface area contributed by atoms with Gasteiger partial charge in [-0.3, -0.25) is 4.68 Å². The van der Waals surface area contributed by atoms with E-state index in [4.69, 9.17) is 5.73 Å². The summed E-state index contributed by atoms with van der Waals surface area (Å²) < 4.78 is 2.00. The second-order valence-electron chi connectivity index (χ2n) is 9.08. The molecule has 0 radical (unpaired) electrons. The molecule has 9 heteroatoms. The molecule has 0 atom stereocenters. The number of nitrogens with zero attached hydrogens (tertiary/aromatic N) is 5. The zero-order valence-corrected chi connectivity index (χ0v) is 17.1. The highest BCUT2D eigenvalue weighted by Gasteiger charge is 2.47. The lowest BCUT2D eigenvalue weighted by Crippen LogP contribution is -2.56. The molecule has 0 bridgehead atoms. The van der Waals surface area contributed by atoms with Gasteiger partial charge < -0.3 is 21.1 Å². The smallest absolute Gasteiger partial charge is 0.358 e. The molecule has 0 aromatic carbocycles. The predicted octanol–water partition coefficient (Wildman–Crippen LogP) is 1.79. The fourth-order valence-corrected chi connectivity index (χ4v) is 5.44. The van der Waals surface area contributed by atoms with E-state index in [1.807, 2.05) is 10.9 Å². The molecule has 1 aliphatic carbocycles. The van der Waals surface area contributed by atoms with Gasteiger partial charge in [0.1, 0.15) is 0 Å². The number of hydrogen-bond acceptors (Lipinski definition) is 7. The van der Waals surface area contributed by atoms with Crippen molar-refractivity contribution in [1.29, 1.82) is 0 Å². The molecule has 2 saturated heterocycles. The number of nitrogens with one attached hydrogen (secondary N) is 1. The van der Waals surface area contributed by atoms with Crippen LogP contribution in [0, 0.1) is 5.41 Å². The third-order valence-corrected chi connectivity index (χ3v) is 7.29. The Morgan fingerprint density at radius 3 is 2.60 bits per heavy atom. The number of nitrogen functional groups attached to an aromatic ring is 1. The fraction of sp³-hybridized carbons (Fsp3) is 0.619. The average Bonchev–Trinajstić information content (AvgIpc) is 3.23. The van der Waals surface area contributed by atoms with Crippen LogP contribution in [-0.2, 0) is 0 Å². The van der Waals surface area contributed by atoms with Crippen molar-refractivity contribution in [3.63, 3.8) is 0 Å². The molecule has 9 nitrogen and oxygen atoms in total. The van der Waals surface area contributed by atoms with Crippen molar-refractivity contribution < 1.29 is 9.90 Å². The number of carbonyl (C=O) groups is 1. The van der Waals surface area contributed by atoms with Crippen LogP contribution in [0.15, 0.2) is 18.6 Å². The van der Waals surface area contributed by atoms with Gasteiger partial charge in [0.2, 0.25) is 0 Å². The monoisotopic (exact) mass is 411 g/mol. The van der Waals surface area contributed by atoms with Gasteiger partial charge in [0, 0.05) is 30.9 Å². The van der Waals surface area contributed by atoms with E-state index in [9.17, 15) is 9.90 Å². The Morgan fingerprint density at radius 1 is 1.17 bits per heavy atom. The van der Waals surface area contributed by atoms with Crippen molar-refractivity contribution >= 4 is 11.8 Å². The maximum atomic E-state index is 11.3. The topological polar surface area (TPSA) is 122 Å². The van der Waals surface area contributed by atoms with E-state index in [1.54, 1.807) is 6.20 Å². The van der Waals surface area contributed by atoms with E-state index in [2.05, 4.69) is 25.3 Å². The summed E-state index contributed by atoms with van der Waals surface area (Å²) in [5.41, 5.74) is 7.25.